The summed E-state index contributed by atoms with van der Waals surface area (Å²) in [6.07, 6.45) is 5.65. The molecule has 0 spiro atoms. The second-order valence-electron chi connectivity index (χ2n) is 5.03. The maximum atomic E-state index is 10.4. The molecule has 80 valence electrons. The van der Waals surface area contributed by atoms with Gasteiger partial charge in [0.25, 0.3) is 0 Å². The molecule has 3 fully saturated rings. The van der Waals surface area contributed by atoms with Gasteiger partial charge >= 0.3 is 0 Å². The van der Waals surface area contributed by atoms with E-state index in [0.29, 0.717) is 12.0 Å². The molecule has 0 aromatic rings. The van der Waals surface area contributed by atoms with Gasteiger partial charge in [-0.25, -0.2) is 0 Å². The van der Waals surface area contributed by atoms with Gasteiger partial charge in [0.15, 0.2) is 5.79 Å². The average molecular weight is 197 g/mol. The van der Waals surface area contributed by atoms with E-state index < -0.39 is 5.79 Å². The molecule has 3 saturated heterocycles. The lowest BCUT2D eigenvalue weighted by Gasteiger charge is -2.48. The Bertz CT molecular complexity index is 233. The van der Waals surface area contributed by atoms with Crippen molar-refractivity contribution in [3.05, 3.63) is 0 Å². The van der Waals surface area contributed by atoms with Crippen LogP contribution in [0.4, 0.5) is 0 Å². The normalized spacial score (nSPS) is 48.6. The number of ether oxygens (including phenoxy) is 1. The molecule has 3 atom stereocenters. The second kappa shape index (κ2) is 3.19. The molecule has 0 amide bonds. The van der Waals surface area contributed by atoms with E-state index in [2.05, 4.69) is 4.90 Å². The van der Waals surface area contributed by atoms with Gasteiger partial charge in [0, 0.05) is 24.9 Å². The lowest BCUT2D eigenvalue weighted by Crippen LogP contribution is -2.57. The monoisotopic (exact) mass is 197 g/mol. The van der Waals surface area contributed by atoms with Crippen LogP contribution in [-0.2, 0) is 4.74 Å². The van der Waals surface area contributed by atoms with E-state index in [1.165, 1.54) is 19.4 Å². The van der Waals surface area contributed by atoms with Crippen LogP contribution in [0.5, 0.6) is 0 Å². The van der Waals surface area contributed by atoms with Crippen molar-refractivity contribution in [3.8, 4) is 0 Å². The Kier molecular flexibility index (Phi) is 2.08. The number of piperidine rings is 1. The van der Waals surface area contributed by atoms with Crippen LogP contribution >= 0.6 is 0 Å². The molecule has 3 aliphatic heterocycles. The summed E-state index contributed by atoms with van der Waals surface area (Å²) in [4.78, 5) is 2.55. The van der Waals surface area contributed by atoms with Crippen LogP contribution in [0.25, 0.3) is 0 Å². The first-order valence-corrected chi connectivity index (χ1v) is 5.88. The maximum Gasteiger partial charge on any atom is 0.170 e. The van der Waals surface area contributed by atoms with Crippen molar-refractivity contribution in [2.75, 3.05) is 19.7 Å². The highest BCUT2D eigenvalue weighted by atomic mass is 16.6. The zero-order valence-corrected chi connectivity index (χ0v) is 8.61. The van der Waals surface area contributed by atoms with Gasteiger partial charge in [0.1, 0.15) is 0 Å². The summed E-state index contributed by atoms with van der Waals surface area (Å²) in [6.45, 7) is 3.04. The average Bonchev–Trinajstić information content (AvgIpc) is 2.59. The predicted molar refractivity (Wildman–Crippen MR) is 52.8 cm³/mol. The minimum absolute atomic E-state index is 0.366. The topological polar surface area (TPSA) is 32.7 Å². The van der Waals surface area contributed by atoms with Crippen LogP contribution in [0.15, 0.2) is 0 Å². The molecule has 0 aromatic heterocycles. The number of hydrogen-bond donors (Lipinski definition) is 1. The standard InChI is InChI=1S/C11H19NO2/c13-11-7-10-4-1-5-12(10)8-9(11)3-2-6-14-11/h9-10,13H,1-8H2. The number of fused-ring (bicyclic) bond motifs is 2. The van der Waals surface area contributed by atoms with Gasteiger partial charge in [0.2, 0.25) is 0 Å². The fourth-order valence-corrected chi connectivity index (χ4v) is 3.37. The molecule has 0 radical (unpaired) electrons. The molecule has 3 aliphatic rings. The summed E-state index contributed by atoms with van der Waals surface area (Å²) >= 11 is 0. The van der Waals surface area contributed by atoms with Gasteiger partial charge in [-0.15, -0.1) is 0 Å². The van der Waals surface area contributed by atoms with E-state index in [0.717, 1.165) is 32.4 Å². The van der Waals surface area contributed by atoms with Crippen LogP contribution in [0.2, 0.25) is 0 Å². The lowest BCUT2D eigenvalue weighted by atomic mass is 9.82. The number of nitrogens with zero attached hydrogens (tertiary/aromatic N) is 1. The molecule has 0 saturated carbocycles. The second-order valence-corrected chi connectivity index (χ2v) is 5.03. The van der Waals surface area contributed by atoms with Crippen molar-refractivity contribution in [2.24, 2.45) is 5.92 Å². The Morgan fingerprint density at radius 3 is 3.14 bits per heavy atom. The van der Waals surface area contributed by atoms with Crippen molar-refractivity contribution in [1.82, 2.24) is 4.90 Å². The third kappa shape index (κ3) is 1.30. The van der Waals surface area contributed by atoms with E-state index in [1.54, 1.807) is 0 Å². The molecule has 14 heavy (non-hydrogen) atoms. The zero-order chi connectivity index (χ0) is 9.60. The Morgan fingerprint density at radius 1 is 1.29 bits per heavy atom. The van der Waals surface area contributed by atoms with Crippen molar-refractivity contribution < 1.29 is 9.84 Å². The first-order chi connectivity index (χ1) is 6.78. The zero-order valence-electron chi connectivity index (χ0n) is 8.61. The van der Waals surface area contributed by atoms with Gasteiger partial charge in [-0.3, -0.25) is 4.90 Å². The third-order valence-electron chi connectivity index (χ3n) is 4.17. The van der Waals surface area contributed by atoms with Crippen LogP contribution in [0, 0.1) is 5.92 Å². The molecule has 3 nitrogen and oxygen atoms in total. The fraction of sp³-hybridized carbons (Fsp3) is 1.00. The van der Waals surface area contributed by atoms with Gasteiger partial charge in [0.05, 0.1) is 6.61 Å². The minimum Gasteiger partial charge on any atom is -0.365 e. The molecule has 3 unspecified atom stereocenters. The van der Waals surface area contributed by atoms with Gasteiger partial charge in [-0.05, 0) is 32.2 Å². The summed E-state index contributed by atoms with van der Waals surface area (Å²) in [5.41, 5.74) is 0. The predicted octanol–water partition coefficient (Wildman–Crippen LogP) is 0.970. The smallest absolute Gasteiger partial charge is 0.170 e. The lowest BCUT2D eigenvalue weighted by molar-refractivity contribution is -0.282. The van der Waals surface area contributed by atoms with Crippen LogP contribution in [-0.4, -0.2) is 41.5 Å². The van der Waals surface area contributed by atoms with Crippen molar-refractivity contribution >= 4 is 0 Å². The summed E-state index contributed by atoms with van der Waals surface area (Å²) < 4.78 is 5.61. The highest BCUT2D eigenvalue weighted by molar-refractivity contribution is 4.96. The van der Waals surface area contributed by atoms with Crippen LogP contribution in [0.3, 0.4) is 0 Å². The van der Waals surface area contributed by atoms with Crippen LogP contribution < -0.4 is 0 Å². The first-order valence-electron chi connectivity index (χ1n) is 5.88. The highest BCUT2D eigenvalue weighted by Crippen LogP contribution is 2.41. The summed E-state index contributed by atoms with van der Waals surface area (Å²) in [5.74, 6) is -0.408. The molecule has 3 heteroatoms. The molecule has 3 heterocycles. The van der Waals surface area contributed by atoms with Gasteiger partial charge < -0.3 is 9.84 Å². The SMILES string of the molecule is OC12CC3CCCN3CC1CCCO2. The molecule has 3 rings (SSSR count). The van der Waals surface area contributed by atoms with Crippen LogP contribution in [0.1, 0.15) is 32.1 Å². The summed E-state index contributed by atoms with van der Waals surface area (Å²) in [6, 6.07) is 0.592. The van der Waals surface area contributed by atoms with Crippen molar-refractivity contribution in [1.29, 1.82) is 0 Å². The van der Waals surface area contributed by atoms with E-state index in [-0.39, 0.29) is 0 Å². The van der Waals surface area contributed by atoms with Gasteiger partial charge in [-0.2, -0.15) is 0 Å². The first kappa shape index (κ1) is 9.13. The molecule has 0 bridgehead atoms. The van der Waals surface area contributed by atoms with Gasteiger partial charge in [-0.1, -0.05) is 0 Å². The number of aliphatic hydroxyl groups is 1. The summed E-state index contributed by atoms with van der Waals surface area (Å²) in [7, 11) is 0. The summed E-state index contributed by atoms with van der Waals surface area (Å²) in [5, 5.41) is 10.4. The fourth-order valence-electron chi connectivity index (χ4n) is 3.37. The molecular weight excluding hydrogens is 178 g/mol. The van der Waals surface area contributed by atoms with E-state index in [1.807, 2.05) is 0 Å². The Labute approximate surface area is 85.0 Å². The van der Waals surface area contributed by atoms with E-state index >= 15 is 0 Å². The Morgan fingerprint density at radius 2 is 2.21 bits per heavy atom. The Balaban J connectivity index is 1.79. The van der Waals surface area contributed by atoms with E-state index in [9.17, 15) is 5.11 Å². The minimum atomic E-state index is -0.774. The Hall–Kier alpha value is -0.120. The maximum absolute atomic E-state index is 10.4. The highest BCUT2D eigenvalue weighted by Gasteiger charge is 2.48. The molecular formula is C11H19NO2. The van der Waals surface area contributed by atoms with Crippen molar-refractivity contribution in [3.63, 3.8) is 0 Å². The largest absolute Gasteiger partial charge is 0.365 e. The third-order valence-corrected chi connectivity index (χ3v) is 4.17. The molecule has 0 aliphatic carbocycles. The quantitative estimate of drug-likeness (QED) is 0.628. The molecule has 1 N–H and O–H groups in total. The number of rotatable bonds is 0. The van der Waals surface area contributed by atoms with Crippen molar-refractivity contribution in [2.45, 2.75) is 43.9 Å². The number of hydrogen-bond acceptors (Lipinski definition) is 3. The van der Waals surface area contributed by atoms with E-state index in [4.69, 9.17) is 4.74 Å². The molecule has 0 aromatic carbocycles.